The van der Waals surface area contributed by atoms with E-state index >= 15 is 0 Å². The van der Waals surface area contributed by atoms with E-state index in [1.807, 2.05) is 0 Å². The Kier molecular flexibility index (Phi) is 4.77. The van der Waals surface area contributed by atoms with Gasteiger partial charge in [-0.05, 0) is 20.8 Å². The molecule has 1 saturated heterocycles. The van der Waals surface area contributed by atoms with E-state index in [2.05, 4.69) is 5.10 Å². The minimum atomic E-state index is -0.767. The number of ether oxygens (including phenoxy) is 2. The first-order chi connectivity index (χ1) is 10.2. The molecule has 122 valence electrons. The molecule has 7 nitrogen and oxygen atoms in total. The van der Waals surface area contributed by atoms with Gasteiger partial charge in [0.15, 0.2) is 0 Å². The van der Waals surface area contributed by atoms with Crippen LogP contribution in [0.5, 0.6) is 0 Å². The third-order valence-corrected chi connectivity index (χ3v) is 3.46. The van der Waals surface area contributed by atoms with E-state index in [-0.39, 0.29) is 23.1 Å². The molecule has 2 rings (SSSR count). The lowest BCUT2D eigenvalue weighted by molar-refractivity contribution is -0.0267. The molecule has 2 heterocycles. The molecule has 1 aromatic heterocycles. The van der Waals surface area contributed by atoms with Crippen molar-refractivity contribution < 1.29 is 19.1 Å². The number of amides is 1. The highest BCUT2D eigenvalue weighted by Gasteiger charge is 2.37. The summed E-state index contributed by atoms with van der Waals surface area (Å²) in [6.45, 7) is 6.10. The predicted molar refractivity (Wildman–Crippen MR) is 80.1 cm³/mol. The Bertz CT molecular complexity index is 560. The van der Waals surface area contributed by atoms with Crippen molar-refractivity contribution in [2.24, 2.45) is 7.05 Å². The number of hydrogen-bond acceptors (Lipinski definition) is 5. The van der Waals surface area contributed by atoms with Gasteiger partial charge in [-0.15, -0.1) is 0 Å². The molecule has 0 aromatic carbocycles. The van der Waals surface area contributed by atoms with E-state index in [9.17, 15) is 9.59 Å². The van der Waals surface area contributed by atoms with Crippen molar-refractivity contribution >= 4 is 23.5 Å². The van der Waals surface area contributed by atoms with Crippen LogP contribution in [0.4, 0.5) is 4.79 Å². The zero-order chi connectivity index (χ0) is 16.5. The highest BCUT2D eigenvalue weighted by Crippen LogP contribution is 2.21. The lowest BCUT2D eigenvalue weighted by Gasteiger charge is -2.35. The number of morpholine rings is 1. The van der Waals surface area contributed by atoms with Crippen molar-refractivity contribution in [2.75, 3.05) is 19.8 Å². The third-order valence-electron chi connectivity index (χ3n) is 3.19. The Balaban J connectivity index is 2.23. The van der Waals surface area contributed by atoms with Crippen LogP contribution in [0.15, 0.2) is 6.20 Å². The number of aryl methyl sites for hydroxylation is 1. The molecule has 0 spiro atoms. The van der Waals surface area contributed by atoms with Gasteiger partial charge < -0.3 is 9.47 Å². The van der Waals surface area contributed by atoms with E-state index in [4.69, 9.17) is 21.1 Å². The number of carbonyl (C=O) groups is 2. The molecule has 22 heavy (non-hydrogen) atoms. The number of carbonyl (C=O) groups excluding carboxylic acids is 2. The molecule has 0 bridgehead atoms. The summed E-state index contributed by atoms with van der Waals surface area (Å²) in [5.41, 5.74) is -0.376. The van der Waals surface area contributed by atoms with Crippen molar-refractivity contribution in [3.63, 3.8) is 0 Å². The zero-order valence-electron chi connectivity index (χ0n) is 13.1. The first kappa shape index (κ1) is 16.8. The maximum absolute atomic E-state index is 12.7. The smallest absolute Gasteiger partial charge is 0.411 e. The number of nitrogens with zero attached hydrogens (tertiary/aromatic N) is 3. The SMILES string of the molecule is Cn1ncc(Cl)c1C(=O)C1COCCN1C(=O)OC(C)(C)C. The molecule has 0 radical (unpaired) electrons. The normalized spacial score (nSPS) is 19.1. The average Bonchev–Trinajstić information content (AvgIpc) is 2.75. The first-order valence-corrected chi connectivity index (χ1v) is 7.37. The minimum absolute atomic E-state index is 0.111. The summed E-state index contributed by atoms with van der Waals surface area (Å²) < 4.78 is 12.1. The summed E-state index contributed by atoms with van der Waals surface area (Å²) in [6.07, 6.45) is 0.864. The van der Waals surface area contributed by atoms with Crippen molar-refractivity contribution in [3.8, 4) is 0 Å². The van der Waals surface area contributed by atoms with Crippen molar-refractivity contribution in [2.45, 2.75) is 32.4 Å². The molecular weight excluding hydrogens is 310 g/mol. The van der Waals surface area contributed by atoms with Crippen LogP contribution in [0, 0.1) is 0 Å². The second-order valence-corrected chi connectivity index (χ2v) is 6.50. The van der Waals surface area contributed by atoms with Crippen LogP contribution < -0.4 is 0 Å². The van der Waals surface area contributed by atoms with Crippen LogP contribution >= 0.6 is 11.6 Å². The highest BCUT2D eigenvalue weighted by atomic mass is 35.5. The molecule has 1 aliphatic rings. The maximum atomic E-state index is 12.7. The number of halogens is 1. The fourth-order valence-electron chi connectivity index (χ4n) is 2.21. The summed E-state index contributed by atoms with van der Waals surface area (Å²) >= 11 is 6.01. The molecular formula is C14H20ClN3O4. The van der Waals surface area contributed by atoms with Gasteiger partial charge in [-0.1, -0.05) is 11.6 Å². The van der Waals surface area contributed by atoms with E-state index < -0.39 is 17.7 Å². The topological polar surface area (TPSA) is 73.7 Å². The molecule has 0 N–H and O–H groups in total. The summed E-state index contributed by atoms with van der Waals surface area (Å²) in [4.78, 5) is 26.4. The van der Waals surface area contributed by atoms with E-state index in [0.29, 0.717) is 13.2 Å². The predicted octanol–water partition coefficient (Wildman–Crippen LogP) is 1.89. The number of ketones is 1. The number of Topliss-reactive ketones (excluding diaryl/α,β-unsaturated/α-hetero) is 1. The highest BCUT2D eigenvalue weighted by molar-refractivity contribution is 6.33. The summed E-state index contributed by atoms with van der Waals surface area (Å²) in [6, 6.07) is -0.767. The third kappa shape index (κ3) is 3.59. The van der Waals surface area contributed by atoms with Gasteiger partial charge in [0.2, 0.25) is 5.78 Å². The quantitative estimate of drug-likeness (QED) is 0.775. The van der Waals surface area contributed by atoms with Crippen LogP contribution in [-0.2, 0) is 16.5 Å². The number of aromatic nitrogens is 2. The lowest BCUT2D eigenvalue weighted by atomic mass is 10.1. The van der Waals surface area contributed by atoms with Gasteiger partial charge in [0.1, 0.15) is 17.3 Å². The molecule has 0 saturated carbocycles. The molecule has 8 heteroatoms. The second-order valence-electron chi connectivity index (χ2n) is 6.09. The minimum Gasteiger partial charge on any atom is -0.444 e. The molecule has 1 aromatic rings. The molecule has 1 atom stereocenters. The maximum Gasteiger partial charge on any atom is 0.411 e. The molecule has 1 aliphatic heterocycles. The fourth-order valence-corrected chi connectivity index (χ4v) is 2.46. The van der Waals surface area contributed by atoms with Crippen molar-refractivity contribution in [1.29, 1.82) is 0 Å². The van der Waals surface area contributed by atoms with Crippen molar-refractivity contribution in [3.05, 3.63) is 16.9 Å². The van der Waals surface area contributed by atoms with Gasteiger partial charge in [-0.2, -0.15) is 5.10 Å². The van der Waals surface area contributed by atoms with E-state index in [0.717, 1.165) is 0 Å². The summed E-state index contributed by atoms with van der Waals surface area (Å²) in [7, 11) is 1.63. The fraction of sp³-hybridized carbons (Fsp3) is 0.643. The Morgan fingerprint density at radius 3 is 2.68 bits per heavy atom. The second kappa shape index (κ2) is 6.26. The molecule has 1 amide bonds. The van der Waals surface area contributed by atoms with Crippen LogP contribution in [0.3, 0.4) is 0 Å². The Morgan fingerprint density at radius 2 is 2.14 bits per heavy atom. The van der Waals surface area contributed by atoms with Crippen LogP contribution in [0.2, 0.25) is 5.02 Å². The first-order valence-electron chi connectivity index (χ1n) is 7.00. The molecule has 0 aliphatic carbocycles. The summed E-state index contributed by atoms with van der Waals surface area (Å²) in [5.74, 6) is -0.310. The largest absolute Gasteiger partial charge is 0.444 e. The lowest BCUT2D eigenvalue weighted by Crippen LogP contribution is -2.54. The van der Waals surface area contributed by atoms with Gasteiger partial charge >= 0.3 is 6.09 Å². The standard InChI is InChI=1S/C14H20ClN3O4/c1-14(2,3)22-13(20)18-5-6-21-8-10(18)12(19)11-9(15)7-16-17(11)4/h7,10H,5-6,8H2,1-4H3. The Labute approximate surface area is 134 Å². The molecule has 1 fully saturated rings. The Morgan fingerprint density at radius 1 is 1.45 bits per heavy atom. The number of hydrogen-bond donors (Lipinski definition) is 0. The van der Waals surface area contributed by atoms with Gasteiger partial charge in [0, 0.05) is 13.6 Å². The van der Waals surface area contributed by atoms with Gasteiger partial charge in [0.25, 0.3) is 0 Å². The summed E-state index contributed by atoms with van der Waals surface area (Å²) in [5, 5.41) is 4.20. The Hall–Kier alpha value is -1.60. The van der Waals surface area contributed by atoms with E-state index in [1.165, 1.54) is 15.8 Å². The van der Waals surface area contributed by atoms with Crippen LogP contribution in [0.1, 0.15) is 31.3 Å². The van der Waals surface area contributed by atoms with Crippen LogP contribution in [0.25, 0.3) is 0 Å². The zero-order valence-corrected chi connectivity index (χ0v) is 13.9. The molecule has 1 unspecified atom stereocenters. The van der Waals surface area contributed by atoms with Gasteiger partial charge in [0.05, 0.1) is 24.4 Å². The van der Waals surface area contributed by atoms with E-state index in [1.54, 1.807) is 27.8 Å². The average molecular weight is 330 g/mol. The van der Waals surface area contributed by atoms with Gasteiger partial charge in [-0.25, -0.2) is 4.79 Å². The van der Waals surface area contributed by atoms with Crippen LogP contribution in [-0.4, -0.2) is 58.0 Å². The van der Waals surface area contributed by atoms with Crippen molar-refractivity contribution in [1.82, 2.24) is 14.7 Å². The van der Waals surface area contributed by atoms with Gasteiger partial charge in [-0.3, -0.25) is 14.4 Å². The monoisotopic (exact) mass is 329 g/mol. The number of rotatable bonds is 2.